The molecule has 1 aliphatic heterocycles. The van der Waals surface area contributed by atoms with Gasteiger partial charge >= 0.3 is 12.2 Å². The zero-order chi connectivity index (χ0) is 16.3. The Morgan fingerprint density at radius 2 is 2.27 bits per heavy atom. The van der Waals surface area contributed by atoms with E-state index in [-0.39, 0.29) is 13.0 Å². The van der Waals surface area contributed by atoms with E-state index in [1.807, 2.05) is 0 Å². The smallest absolute Gasteiger partial charge is 0.332 e. The van der Waals surface area contributed by atoms with Gasteiger partial charge in [0.2, 0.25) is 5.91 Å². The number of urea groups is 1. The number of anilines is 1. The van der Waals surface area contributed by atoms with E-state index in [1.54, 1.807) is 12.1 Å². The van der Waals surface area contributed by atoms with Gasteiger partial charge in [0.05, 0.1) is 11.9 Å². The largest absolute Gasteiger partial charge is 0.406 e. The Balaban J connectivity index is 1.97. The molecule has 1 aromatic rings. The van der Waals surface area contributed by atoms with E-state index in [4.69, 9.17) is 0 Å². The van der Waals surface area contributed by atoms with E-state index in [2.05, 4.69) is 10.3 Å². The number of rotatable bonds is 3. The Kier molecular flexibility index (Phi) is 4.53. The molecule has 0 aliphatic carbocycles. The second kappa shape index (κ2) is 6.20. The molecule has 0 bridgehead atoms. The van der Waals surface area contributed by atoms with Crippen LogP contribution in [0.1, 0.15) is 6.42 Å². The van der Waals surface area contributed by atoms with Crippen molar-refractivity contribution in [2.24, 2.45) is 0 Å². The highest BCUT2D eigenvalue weighted by Gasteiger charge is 2.41. The lowest BCUT2D eigenvalue weighted by Gasteiger charge is -2.24. The molecule has 0 radical (unpaired) electrons. The van der Waals surface area contributed by atoms with E-state index in [1.165, 1.54) is 19.4 Å². The number of nitrogens with zero attached hydrogens (tertiary/aromatic N) is 3. The van der Waals surface area contributed by atoms with Crippen LogP contribution in [0.25, 0.3) is 0 Å². The summed E-state index contributed by atoms with van der Waals surface area (Å²) in [5, 5.41) is 2.53. The second-order valence-electron chi connectivity index (χ2n) is 4.96. The Morgan fingerprint density at radius 3 is 2.86 bits per heavy atom. The van der Waals surface area contributed by atoms with E-state index in [9.17, 15) is 22.8 Å². The van der Waals surface area contributed by atoms with Crippen molar-refractivity contribution in [2.75, 3.05) is 25.5 Å². The normalized spacial score (nSPS) is 18.5. The minimum Gasteiger partial charge on any atom is -0.332 e. The number of halogens is 3. The molecule has 2 heterocycles. The summed E-state index contributed by atoms with van der Waals surface area (Å²) >= 11 is 0. The van der Waals surface area contributed by atoms with Crippen molar-refractivity contribution in [3.8, 4) is 0 Å². The van der Waals surface area contributed by atoms with Crippen LogP contribution in [0.2, 0.25) is 0 Å². The summed E-state index contributed by atoms with van der Waals surface area (Å²) in [6.07, 6.45) is -1.31. The molecule has 3 amide bonds. The van der Waals surface area contributed by atoms with Gasteiger partial charge in [-0.15, -0.1) is 0 Å². The maximum atomic E-state index is 12.4. The van der Waals surface area contributed by atoms with E-state index >= 15 is 0 Å². The van der Waals surface area contributed by atoms with Crippen LogP contribution in [0.15, 0.2) is 24.5 Å². The first kappa shape index (κ1) is 16.1. The van der Waals surface area contributed by atoms with Gasteiger partial charge in [0, 0.05) is 19.8 Å². The molecule has 0 saturated carbocycles. The zero-order valence-electron chi connectivity index (χ0n) is 11.8. The number of nitrogens with one attached hydrogen (secondary N) is 1. The molecule has 1 fully saturated rings. The molecular formula is C13H15F3N4O2. The molecule has 1 aliphatic rings. The Morgan fingerprint density at radius 1 is 1.55 bits per heavy atom. The SMILES string of the molecule is CN(C(=O)Nc1cccnc1)[C@@H]1CCN(CC(F)(F)F)C1=O. The molecule has 120 valence electrons. The number of likely N-dealkylation sites (tertiary alicyclic amines) is 1. The summed E-state index contributed by atoms with van der Waals surface area (Å²) in [6, 6.07) is 1.78. The molecule has 0 spiro atoms. The second-order valence-corrected chi connectivity index (χ2v) is 4.96. The fourth-order valence-corrected chi connectivity index (χ4v) is 2.25. The number of aromatic nitrogens is 1. The van der Waals surface area contributed by atoms with Gasteiger partial charge in [-0.2, -0.15) is 13.2 Å². The standard InChI is InChI=1S/C13H15F3N4O2/c1-19(12(22)18-9-3-2-5-17-7-9)10-4-6-20(11(10)21)8-13(14,15)16/h2-3,5,7,10H,4,6,8H2,1H3,(H,18,22)/t10-/m1/s1. The van der Waals surface area contributed by atoms with E-state index in [0.717, 1.165) is 9.80 Å². The summed E-state index contributed by atoms with van der Waals surface area (Å²) < 4.78 is 37.1. The number of carbonyl (C=O) groups excluding carboxylic acids is 2. The van der Waals surface area contributed by atoms with Gasteiger partial charge in [-0.05, 0) is 18.6 Å². The topological polar surface area (TPSA) is 65.5 Å². The van der Waals surface area contributed by atoms with Crippen LogP contribution in [-0.2, 0) is 4.79 Å². The number of carbonyl (C=O) groups is 2. The molecule has 6 nitrogen and oxygen atoms in total. The van der Waals surface area contributed by atoms with Crippen LogP contribution in [-0.4, -0.2) is 59.1 Å². The van der Waals surface area contributed by atoms with Gasteiger partial charge < -0.3 is 15.1 Å². The quantitative estimate of drug-likeness (QED) is 0.923. The number of pyridine rings is 1. The third kappa shape index (κ3) is 3.86. The first-order chi connectivity index (χ1) is 10.3. The van der Waals surface area contributed by atoms with Crippen molar-refractivity contribution in [3.05, 3.63) is 24.5 Å². The van der Waals surface area contributed by atoms with Crippen molar-refractivity contribution in [1.82, 2.24) is 14.8 Å². The number of amides is 3. The van der Waals surface area contributed by atoms with Crippen molar-refractivity contribution in [3.63, 3.8) is 0 Å². The Hall–Kier alpha value is -2.32. The maximum absolute atomic E-state index is 12.4. The number of alkyl halides is 3. The third-order valence-electron chi connectivity index (χ3n) is 3.34. The Labute approximate surface area is 124 Å². The van der Waals surface area contributed by atoms with Crippen molar-refractivity contribution >= 4 is 17.6 Å². The van der Waals surface area contributed by atoms with Crippen LogP contribution < -0.4 is 5.32 Å². The molecule has 1 saturated heterocycles. The van der Waals surface area contributed by atoms with Crippen LogP contribution >= 0.6 is 0 Å². The highest BCUT2D eigenvalue weighted by atomic mass is 19.4. The summed E-state index contributed by atoms with van der Waals surface area (Å²) in [6.45, 7) is -1.31. The molecule has 9 heteroatoms. The van der Waals surface area contributed by atoms with Crippen LogP contribution in [0.3, 0.4) is 0 Å². The van der Waals surface area contributed by atoms with E-state index in [0.29, 0.717) is 5.69 Å². The highest BCUT2D eigenvalue weighted by molar-refractivity contribution is 5.94. The van der Waals surface area contributed by atoms with Gasteiger partial charge in [0.1, 0.15) is 12.6 Å². The Bertz CT molecular complexity index is 550. The zero-order valence-corrected chi connectivity index (χ0v) is 11.8. The first-order valence-electron chi connectivity index (χ1n) is 6.57. The summed E-state index contributed by atoms with van der Waals surface area (Å²) in [5.41, 5.74) is 0.442. The molecule has 2 rings (SSSR count). The lowest BCUT2D eigenvalue weighted by molar-refractivity contribution is -0.158. The maximum Gasteiger partial charge on any atom is 0.406 e. The van der Waals surface area contributed by atoms with E-state index < -0.39 is 30.7 Å². The highest BCUT2D eigenvalue weighted by Crippen LogP contribution is 2.23. The number of hydrogen-bond donors (Lipinski definition) is 1. The van der Waals surface area contributed by atoms with Crippen LogP contribution in [0.5, 0.6) is 0 Å². The lowest BCUT2D eigenvalue weighted by Crippen LogP contribution is -2.46. The fraction of sp³-hybridized carbons (Fsp3) is 0.462. The minimum absolute atomic E-state index is 0.0203. The lowest BCUT2D eigenvalue weighted by atomic mass is 10.2. The van der Waals surface area contributed by atoms with Gasteiger partial charge in [-0.3, -0.25) is 9.78 Å². The molecular weight excluding hydrogens is 301 g/mol. The van der Waals surface area contributed by atoms with Gasteiger partial charge in [0.25, 0.3) is 0 Å². The average molecular weight is 316 g/mol. The summed E-state index contributed by atoms with van der Waals surface area (Å²) in [4.78, 5) is 29.7. The number of likely N-dealkylation sites (N-methyl/N-ethyl adjacent to an activating group) is 1. The van der Waals surface area contributed by atoms with Crippen molar-refractivity contribution in [1.29, 1.82) is 0 Å². The van der Waals surface area contributed by atoms with Crippen molar-refractivity contribution < 1.29 is 22.8 Å². The third-order valence-corrected chi connectivity index (χ3v) is 3.34. The fourth-order valence-electron chi connectivity index (χ4n) is 2.25. The average Bonchev–Trinajstić information content (AvgIpc) is 2.78. The summed E-state index contributed by atoms with van der Waals surface area (Å²) in [5.74, 6) is -0.693. The molecule has 0 unspecified atom stereocenters. The molecule has 1 N–H and O–H groups in total. The number of hydrogen-bond acceptors (Lipinski definition) is 3. The van der Waals surface area contributed by atoms with Crippen LogP contribution in [0.4, 0.5) is 23.7 Å². The molecule has 1 aromatic heterocycles. The summed E-state index contributed by atoms with van der Waals surface area (Å²) in [7, 11) is 1.38. The molecule has 0 aromatic carbocycles. The minimum atomic E-state index is -4.44. The van der Waals surface area contributed by atoms with Crippen LogP contribution in [0, 0.1) is 0 Å². The van der Waals surface area contributed by atoms with Crippen molar-refractivity contribution in [2.45, 2.75) is 18.6 Å². The predicted molar refractivity (Wildman–Crippen MR) is 72.1 cm³/mol. The van der Waals surface area contributed by atoms with Gasteiger partial charge in [-0.25, -0.2) is 4.79 Å². The predicted octanol–water partition coefficient (Wildman–Crippen LogP) is 1.71. The van der Waals surface area contributed by atoms with Gasteiger partial charge in [-0.1, -0.05) is 0 Å². The first-order valence-corrected chi connectivity index (χ1v) is 6.57. The van der Waals surface area contributed by atoms with Gasteiger partial charge in [0.15, 0.2) is 0 Å². The molecule has 22 heavy (non-hydrogen) atoms. The molecule has 1 atom stereocenters. The monoisotopic (exact) mass is 316 g/mol.